The predicted molar refractivity (Wildman–Crippen MR) is 92.7 cm³/mol. The molecule has 0 saturated heterocycles. The van der Waals surface area contributed by atoms with E-state index in [2.05, 4.69) is 65.3 Å². The number of H-pyrrole nitrogens is 2. The summed E-state index contributed by atoms with van der Waals surface area (Å²) in [7, 11) is 0. The molecule has 0 aliphatic rings. The van der Waals surface area contributed by atoms with E-state index >= 15 is 0 Å². The second-order valence-electron chi connectivity index (χ2n) is 6.70. The Morgan fingerprint density at radius 2 is 1.88 bits per heavy atom. The standard InChI is InChI=1S/C18H20N6/c1-11(2)13-4-5-15-17(6-13)23-24(22-15)10-12(3)14-7-16-18(19-8-14)9-20-21-16/h4-9,11-12H,10H2,1-3H3,(H,19,20,21)/p+1. The van der Waals surface area contributed by atoms with Gasteiger partial charge in [0.1, 0.15) is 11.0 Å². The van der Waals surface area contributed by atoms with E-state index in [-0.39, 0.29) is 0 Å². The molecule has 0 aliphatic heterocycles. The fourth-order valence-corrected chi connectivity index (χ4v) is 2.95. The van der Waals surface area contributed by atoms with Crippen LogP contribution in [0.5, 0.6) is 0 Å². The van der Waals surface area contributed by atoms with Crippen LogP contribution in [0.1, 0.15) is 43.7 Å². The molecule has 3 heterocycles. The molecular weight excluding hydrogens is 300 g/mol. The van der Waals surface area contributed by atoms with E-state index in [1.54, 1.807) is 6.20 Å². The fraction of sp³-hybridized carbons (Fsp3) is 0.333. The van der Waals surface area contributed by atoms with Gasteiger partial charge in [-0.2, -0.15) is 5.10 Å². The molecule has 0 saturated carbocycles. The van der Waals surface area contributed by atoms with Gasteiger partial charge in [0.15, 0.2) is 5.52 Å². The third kappa shape index (κ3) is 2.64. The van der Waals surface area contributed by atoms with Gasteiger partial charge < -0.3 is 0 Å². The number of nitrogens with zero attached hydrogens (tertiary/aromatic N) is 4. The fourth-order valence-electron chi connectivity index (χ4n) is 2.95. The molecule has 3 aromatic heterocycles. The minimum atomic E-state index is 0.292. The summed E-state index contributed by atoms with van der Waals surface area (Å²) in [5.41, 5.74) is 6.41. The van der Waals surface area contributed by atoms with Crippen molar-refractivity contribution in [3.05, 3.63) is 47.8 Å². The van der Waals surface area contributed by atoms with Crippen LogP contribution in [0.4, 0.5) is 0 Å². The SMILES string of the molecule is CC(C)c1ccc2[nH][n+](CC(C)c3cnc4cn[nH]c4c3)nc2c1. The van der Waals surface area contributed by atoms with E-state index in [1.807, 2.05) is 11.0 Å². The highest BCUT2D eigenvalue weighted by Gasteiger charge is 2.18. The van der Waals surface area contributed by atoms with Crippen molar-refractivity contribution in [2.75, 3.05) is 0 Å². The maximum Gasteiger partial charge on any atom is 0.207 e. The molecule has 1 unspecified atom stereocenters. The Morgan fingerprint density at radius 1 is 1.00 bits per heavy atom. The van der Waals surface area contributed by atoms with E-state index in [4.69, 9.17) is 5.10 Å². The number of nitrogens with one attached hydrogen (secondary N) is 2. The van der Waals surface area contributed by atoms with Gasteiger partial charge in [-0.3, -0.25) is 10.1 Å². The number of aromatic amines is 2. The molecule has 0 spiro atoms. The molecule has 122 valence electrons. The lowest BCUT2D eigenvalue weighted by atomic mass is 10.0. The highest BCUT2D eigenvalue weighted by atomic mass is 15.5. The number of hydrogen-bond donors (Lipinski definition) is 2. The summed E-state index contributed by atoms with van der Waals surface area (Å²) in [6.07, 6.45) is 3.66. The summed E-state index contributed by atoms with van der Waals surface area (Å²) >= 11 is 0. The highest BCUT2D eigenvalue weighted by molar-refractivity contribution is 5.74. The topological polar surface area (TPSA) is 74.1 Å². The molecule has 4 aromatic rings. The molecule has 24 heavy (non-hydrogen) atoms. The number of aromatic nitrogens is 6. The number of pyridine rings is 1. The first-order chi connectivity index (χ1) is 11.6. The van der Waals surface area contributed by atoms with Gasteiger partial charge in [0.05, 0.1) is 11.7 Å². The first-order valence-electron chi connectivity index (χ1n) is 8.29. The van der Waals surface area contributed by atoms with E-state index in [0.29, 0.717) is 11.8 Å². The summed E-state index contributed by atoms with van der Waals surface area (Å²) in [6.45, 7) is 7.34. The van der Waals surface area contributed by atoms with E-state index in [0.717, 1.165) is 28.6 Å². The first-order valence-corrected chi connectivity index (χ1v) is 8.29. The van der Waals surface area contributed by atoms with E-state index < -0.39 is 0 Å². The van der Waals surface area contributed by atoms with Crippen LogP contribution in [-0.2, 0) is 6.54 Å². The number of fused-ring (bicyclic) bond motifs is 2. The van der Waals surface area contributed by atoms with Crippen molar-refractivity contribution in [2.45, 2.75) is 39.2 Å². The van der Waals surface area contributed by atoms with Crippen molar-refractivity contribution in [2.24, 2.45) is 0 Å². The summed E-state index contributed by atoms with van der Waals surface area (Å²) in [5, 5.41) is 15.1. The zero-order chi connectivity index (χ0) is 16.7. The molecule has 1 atom stereocenters. The molecule has 0 radical (unpaired) electrons. The molecule has 1 aromatic carbocycles. The average Bonchev–Trinajstić information content (AvgIpc) is 3.18. The second kappa shape index (κ2) is 5.70. The Morgan fingerprint density at radius 3 is 2.71 bits per heavy atom. The minimum absolute atomic E-state index is 0.292. The zero-order valence-corrected chi connectivity index (χ0v) is 14.1. The first kappa shape index (κ1) is 14.8. The Kier molecular flexibility index (Phi) is 3.52. The smallest absolute Gasteiger partial charge is 0.207 e. The second-order valence-corrected chi connectivity index (χ2v) is 6.70. The lowest BCUT2D eigenvalue weighted by molar-refractivity contribution is -0.801. The third-order valence-corrected chi connectivity index (χ3v) is 4.49. The molecule has 0 bridgehead atoms. The van der Waals surface area contributed by atoms with Gasteiger partial charge in [0, 0.05) is 17.2 Å². The van der Waals surface area contributed by atoms with Crippen molar-refractivity contribution in [3.8, 4) is 0 Å². The number of benzene rings is 1. The molecule has 2 N–H and O–H groups in total. The normalized spacial score (nSPS) is 13.2. The molecule has 0 amide bonds. The Bertz CT molecular complexity index is 997. The van der Waals surface area contributed by atoms with Gasteiger partial charge in [-0.1, -0.05) is 26.8 Å². The van der Waals surface area contributed by atoms with Crippen LogP contribution in [-0.4, -0.2) is 25.4 Å². The number of rotatable bonds is 4. The highest BCUT2D eigenvalue weighted by Crippen LogP contribution is 2.20. The third-order valence-electron chi connectivity index (χ3n) is 4.49. The lowest BCUT2D eigenvalue weighted by Crippen LogP contribution is -2.41. The van der Waals surface area contributed by atoms with Crippen LogP contribution in [0.15, 0.2) is 36.7 Å². The van der Waals surface area contributed by atoms with Crippen molar-refractivity contribution in [1.82, 2.24) is 25.4 Å². The molecule has 6 heteroatoms. The Balaban J connectivity index is 1.60. The molecule has 4 rings (SSSR count). The van der Waals surface area contributed by atoms with Crippen molar-refractivity contribution in [1.29, 1.82) is 0 Å². The summed E-state index contributed by atoms with van der Waals surface area (Å²) < 4.78 is 0. The molecule has 6 nitrogen and oxygen atoms in total. The van der Waals surface area contributed by atoms with E-state index in [1.165, 1.54) is 11.1 Å². The molecule has 0 fully saturated rings. The van der Waals surface area contributed by atoms with Crippen molar-refractivity contribution in [3.63, 3.8) is 0 Å². The van der Waals surface area contributed by atoms with Crippen LogP contribution < -0.4 is 4.80 Å². The largest absolute Gasteiger partial charge is 0.276 e. The summed E-state index contributed by atoms with van der Waals surface area (Å²) in [5.74, 6) is 0.797. The Hall–Kier alpha value is -2.76. The molecular formula is C18H21N6+. The minimum Gasteiger partial charge on any atom is -0.276 e. The van der Waals surface area contributed by atoms with Crippen LogP contribution in [0, 0.1) is 0 Å². The Labute approximate surface area is 139 Å². The summed E-state index contributed by atoms with van der Waals surface area (Å²) in [6, 6.07) is 8.54. The molecule has 0 aliphatic carbocycles. The van der Waals surface area contributed by atoms with Crippen LogP contribution in [0.2, 0.25) is 0 Å². The monoisotopic (exact) mass is 321 g/mol. The summed E-state index contributed by atoms with van der Waals surface area (Å²) in [4.78, 5) is 6.36. The van der Waals surface area contributed by atoms with Crippen LogP contribution >= 0.6 is 0 Å². The van der Waals surface area contributed by atoms with Gasteiger partial charge in [0.25, 0.3) is 0 Å². The quantitative estimate of drug-likeness (QED) is 0.567. The maximum atomic E-state index is 4.69. The number of hydrogen-bond acceptors (Lipinski definition) is 3. The van der Waals surface area contributed by atoms with Crippen molar-refractivity contribution >= 4 is 22.1 Å². The van der Waals surface area contributed by atoms with Crippen LogP contribution in [0.25, 0.3) is 22.1 Å². The van der Waals surface area contributed by atoms with Gasteiger partial charge in [0.2, 0.25) is 6.54 Å². The average molecular weight is 321 g/mol. The van der Waals surface area contributed by atoms with Gasteiger partial charge in [-0.15, -0.1) is 5.10 Å². The predicted octanol–water partition coefficient (Wildman–Crippen LogP) is 3.05. The zero-order valence-electron chi connectivity index (χ0n) is 14.1. The van der Waals surface area contributed by atoms with Gasteiger partial charge in [-0.05, 0) is 40.0 Å². The van der Waals surface area contributed by atoms with Crippen LogP contribution in [0.3, 0.4) is 0 Å². The van der Waals surface area contributed by atoms with Gasteiger partial charge >= 0.3 is 0 Å². The lowest BCUT2D eigenvalue weighted by Gasteiger charge is -2.05. The maximum absolute atomic E-state index is 4.69. The van der Waals surface area contributed by atoms with E-state index in [9.17, 15) is 0 Å². The van der Waals surface area contributed by atoms with Gasteiger partial charge in [-0.25, -0.2) is 0 Å². The van der Waals surface area contributed by atoms with Crippen molar-refractivity contribution < 1.29 is 4.80 Å².